The lowest BCUT2D eigenvalue weighted by Gasteiger charge is -2.35. The smallest absolute Gasteiger partial charge is 0.273 e. The summed E-state index contributed by atoms with van der Waals surface area (Å²) in [6, 6.07) is 14.7. The Hall–Kier alpha value is -3.22. The molecule has 2 amide bonds. The summed E-state index contributed by atoms with van der Waals surface area (Å²) in [4.78, 5) is 39.8. The lowest BCUT2D eigenvalue weighted by atomic mass is 10.0. The van der Waals surface area contributed by atoms with Gasteiger partial charge in [0.05, 0.1) is 4.92 Å². The maximum absolute atomic E-state index is 12.9. The molecule has 2 atom stereocenters. The van der Waals surface area contributed by atoms with E-state index in [2.05, 4.69) is 12.1 Å². The predicted octanol–water partition coefficient (Wildman–Crippen LogP) is 2.99. The average Bonchev–Trinajstić information content (AvgIpc) is 3.54. The average molecular weight is 393 g/mol. The molecule has 2 fully saturated rings. The highest BCUT2D eigenvalue weighted by Crippen LogP contribution is 2.48. The van der Waals surface area contributed by atoms with Crippen molar-refractivity contribution in [2.75, 3.05) is 26.2 Å². The van der Waals surface area contributed by atoms with Crippen LogP contribution in [-0.4, -0.2) is 52.7 Å². The topological polar surface area (TPSA) is 83.8 Å². The van der Waals surface area contributed by atoms with Gasteiger partial charge in [-0.2, -0.15) is 0 Å². The van der Waals surface area contributed by atoms with Crippen molar-refractivity contribution < 1.29 is 14.5 Å². The number of nitrogens with zero attached hydrogens (tertiary/aromatic N) is 3. The molecule has 1 aliphatic carbocycles. The Morgan fingerprint density at radius 1 is 0.966 bits per heavy atom. The Bertz CT molecular complexity index is 952. The minimum Gasteiger partial charge on any atom is -0.339 e. The third-order valence-corrected chi connectivity index (χ3v) is 5.95. The molecule has 29 heavy (non-hydrogen) atoms. The van der Waals surface area contributed by atoms with Gasteiger partial charge in [0, 0.05) is 49.3 Å². The summed E-state index contributed by atoms with van der Waals surface area (Å²) < 4.78 is 0. The van der Waals surface area contributed by atoms with Crippen molar-refractivity contribution in [3.8, 4) is 0 Å². The van der Waals surface area contributed by atoms with Gasteiger partial charge < -0.3 is 9.80 Å². The van der Waals surface area contributed by atoms with Crippen LogP contribution in [-0.2, 0) is 4.79 Å². The first-order chi connectivity index (χ1) is 14.0. The van der Waals surface area contributed by atoms with Gasteiger partial charge in [0.1, 0.15) is 0 Å². The molecule has 2 aromatic carbocycles. The van der Waals surface area contributed by atoms with E-state index in [0.717, 1.165) is 6.42 Å². The van der Waals surface area contributed by atoms with E-state index in [0.29, 0.717) is 43.2 Å². The zero-order valence-corrected chi connectivity index (χ0v) is 16.3. The molecule has 0 N–H and O–H groups in total. The summed E-state index contributed by atoms with van der Waals surface area (Å²) in [6.45, 7) is 3.47. The Kier molecular flexibility index (Phi) is 5.05. The van der Waals surface area contributed by atoms with Gasteiger partial charge in [-0.3, -0.25) is 19.7 Å². The van der Waals surface area contributed by atoms with E-state index in [4.69, 9.17) is 0 Å². The largest absolute Gasteiger partial charge is 0.339 e. The fourth-order valence-corrected chi connectivity index (χ4v) is 4.12. The van der Waals surface area contributed by atoms with Gasteiger partial charge in [0.2, 0.25) is 5.91 Å². The lowest BCUT2D eigenvalue weighted by molar-refractivity contribution is -0.385. The summed E-state index contributed by atoms with van der Waals surface area (Å²) in [7, 11) is 0. The van der Waals surface area contributed by atoms with Crippen molar-refractivity contribution in [3.05, 3.63) is 75.3 Å². The molecule has 0 aromatic heterocycles. The molecule has 2 aliphatic rings. The van der Waals surface area contributed by atoms with Crippen LogP contribution in [0.25, 0.3) is 0 Å². The highest BCUT2D eigenvalue weighted by atomic mass is 16.6. The van der Waals surface area contributed by atoms with E-state index < -0.39 is 4.92 Å². The Morgan fingerprint density at radius 2 is 1.62 bits per heavy atom. The molecule has 4 rings (SSSR count). The van der Waals surface area contributed by atoms with Crippen LogP contribution in [0.1, 0.15) is 33.8 Å². The van der Waals surface area contributed by atoms with Gasteiger partial charge in [-0.25, -0.2) is 0 Å². The number of nitro benzene ring substituents is 1. The highest BCUT2D eigenvalue weighted by molar-refractivity contribution is 5.96. The number of carbonyl (C=O) groups is 2. The molecular formula is C22H23N3O4. The summed E-state index contributed by atoms with van der Waals surface area (Å²) in [5, 5.41) is 11.1. The van der Waals surface area contributed by atoms with Crippen LogP contribution in [0.15, 0.2) is 48.5 Å². The summed E-state index contributed by atoms with van der Waals surface area (Å²) in [5.74, 6) is 0.291. The number of piperazine rings is 1. The van der Waals surface area contributed by atoms with Gasteiger partial charge in [-0.1, -0.05) is 36.4 Å². The van der Waals surface area contributed by atoms with Gasteiger partial charge in [0.15, 0.2) is 0 Å². The van der Waals surface area contributed by atoms with E-state index in [1.165, 1.54) is 17.7 Å². The zero-order chi connectivity index (χ0) is 20.5. The van der Waals surface area contributed by atoms with Crippen molar-refractivity contribution in [2.24, 2.45) is 5.92 Å². The molecule has 1 saturated carbocycles. The normalized spacial score (nSPS) is 21.0. The minimum absolute atomic E-state index is 0.0404. The molecule has 7 nitrogen and oxygen atoms in total. The highest BCUT2D eigenvalue weighted by Gasteiger charge is 2.46. The van der Waals surface area contributed by atoms with E-state index in [9.17, 15) is 19.7 Å². The first-order valence-electron chi connectivity index (χ1n) is 9.84. The second-order valence-corrected chi connectivity index (χ2v) is 7.68. The Labute approximate surface area is 169 Å². The predicted molar refractivity (Wildman–Crippen MR) is 108 cm³/mol. The maximum atomic E-state index is 12.9. The molecule has 1 saturated heterocycles. The SMILES string of the molecule is Cc1c(C(=O)N2CCN(C(=O)C3CC3c3ccccc3)CC2)cccc1[N+](=O)[O-]. The number of benzene rings is 2. The van der Waals surface area contributed by atoms with Gasteiger partial charge in [-0.15, -0.1) is 0 Å². The number of hydrogen-bond acceptors (Lipinski definition) is 4. The van der Waals surface area contributed by atoms with Gasteiger partial charge in [-0.05, 0) is 30.9 Å². The monoisotopic (exact) mass is 393 g/mol. The van der Waals surface area contributed by atoms with E-state index in [-0.39, 0.29) is 23.4 Å². The lowest BCUT2D eigenvalue weighted by Crippen LogP contribution is -2.51. The van der Waals surface area contributed by atoms with Crippen molar-refractivity contribution in [3.63, 3.8) is 0 Å². The van der Waals surface area contributed by atoms with Crippen LogP contribution < -0.4 is 0 Å². The zero-order valence-electron chi connectivity index (χ0n) is 16.3. The molecule has 7 heteroatoms. The van der Waals surface area contributed by atoms with Crippen LogP contribution in [0.4, 0.5) is 5.69 Å². The van der Waals surface area contributed by atoms with Crippen LogP contribution in [0, 0.1) is 23.0 Å². The number of amides is 2. The molecule has 150 valence electrons. The molecule has 1 heterocycles. The maximum Gasteiger partial charge on any atom is 0.273 e. The van der Waals surface area contributed by atoms with E-state index in [1.54, 1.807) is 17.9 Å². The molecule has 0 radical (unpaired) electrons. The Balaban J connectivity index is 1.36. The summed E-state index contributed by atoms with van der Waals surface area (Å²) >= 11 is 0. The number of nitro groups is 1. The first kappa shape index (κ1) is 19.1. The molecule has 2 unspecified atom stereocenters. The number of rotatable bonds is 4. The van der Waals surface area contributed by atoms with Crippen LogP contribution in [0.3, 0.4) is 0 Å². The number of carbonyl (C=O) groups excluding carboxylic acids is 2. The standard InChI is InChI=1S/C22H23N3O4/c1-15-17(8-5-9-20(15)25(28)29)21(26)23-10-12-24(13-11-23)22(27)19-14-18(19)16-6-3-2-4-7-16/h2-9,18-19H,10-14H2,1H3. The summed E-state index contributed by atoms with van der Waals surface area (Å²) in [5.41, 5.74) is 1.89. The molecule has 2 aromatic rings. The van der Waals surface area contributed by atoms with Crippen molar-refractivity contribution >= 4 is 17.5 Å². The van der Waals surface area contributed by atoms with E-state index >= 15 is 0 Å². The van der Waals surface area contributed by atoms with E-state index in [1.807, 2.05) is 23.1 Å². The van der Waals surface area contributed by atoms with Gasteiger partial charge >= 0.3 is 0 Å². The number of hydrogen-bond donors (Lipinski definition) is 0. The quantitative estimate of drug-likeness (QED) is 0.590. The molecule has 1 aliphatic heterocycles. The van der Waals surface area contributed by atoms with Crippen molar-refractivity contribution in [1.82, 2.24) is 9.80 Å². The molecule has 0 bridgehead atoms. The Morgan fingerprint density at radius 3 is 2.28 bits per heavy atom. The first-order valence-corrected chi connectivity index (χ1v) is 9.84. The third-order valence-electron chi connectivity index (χ3n) is 5.95. The molecule has 0 spiro atoms. The second-order valence-electron chi connectivity index (χ2n) is 7.68. The third kappa shape index (κ3) is 3.72. The molecular weight excluding hydrogens is 370 g/mol. The van der Waals surface area contributed by atoms with Crippen LogP contribution in [0.5, 0.6) is 0 Å². The van der Waals surface area contributed by atoms with Crippen molar-refractivity contribution in [1.29, 1.82) is 0 Å². The second kappa shape index (κ2) is 7.66. The fraction of sp³-hybridized carbons (Fsp3) is 0.364. The fourth-order valence-electron chi connectivity index (χ4n) is 4.12. The minimum atomic E-state index is -0.471. The van der Waals surface area contributed by atoms with Crippen molar-refractivity contribution in [2.45, 2.75) is 19.3 Å². The van der Waals surface area contributed by atoms with Gasteiger partial charge in [0.25, 0.3) is 11.6 Å². The van der Waals surface area contributed by atoms with Crippen LogP contribution >= 0.6 is 0 Å². The van der Waals surface area contributed by atoms with Crippen LogP contribution in [0.2, 0.25) is 0 Å². The summed E-state index contributed by atoms with van der Waals surface area (Å²) in [6.07, 6.45) is 0.884.